The van der Waals surface area contributed by atoms with Crippen molar-refractivity contribution in [3.05, 3.63) is 35.4 Å². The average Bonchev–Trinajstić information content (AvgIpc) is 2.15. The lowest BCUT2D eigenvalue weighted by molar-refractivity contribution is 0.794. The standard InChI is InChI=1S/C11H15NS/c1-2-3-6-9-7-4-5-8-10(9)11(12)13/h4-5,7-8H,2-3,6H2,1H3,(H2,12,13). The molecule has 2 heteroatoms. The highest BCUT2D eigenvalue weighted by molar-refractivity contribution is 7.80. The third-order valence-electron chi connectivity index (χ3n) is 2.08. The van der Waals surface area contributed by atoms with Crippen LogP contribution in [0.2, 0.25) is 0 Å². The lowest BCUT2D eigenvalue weighted by Crippen LogP contribution is -2.12. The summed E-state index contributed by atoms with van der Waals surface area (Å²) in [6.45, 7) is 2.18. The molecule has 0 unspecified atom stereocenters. The molecule has 1 nitrogen and oxygen atoms in total. The van der Waals surface area contributed by atoms with Crippen LogP contribution in [0.15, 0.2) is 24.3 Å². The van der Waals surface area contributed by atoms with Crippen LogP contribution in [0.5, 0.6) is 0 Å². The maximum atomic E-state index is 5.62. The van der Waals surface area contributed by atoms with Gasteiger partial charge in [-0.15, -0.1) is 0 Å². The van der Waals surface area contributed by atoms with Gasteiger partial charge in [0.15, 0.2) is 0 Å². The summed E-state index contributed by atoms with van der Waals surface area (Å²) >= 11 is 4.98. The largest absolute Gasteiger partial charge is 0.389 e. The summed E-state index contributed by atoms with van der Waals surface area (Å²) in [7, 11) is 0. The smallest absolute Gasteiger partial charge is 0.104 e. The van der Waals surface area contributed by atoms with Gasteiger partial charge in [-0.05, 0) is 18.4 Å². The molecule has 70 valence electrons. The van der Waals surface area contributed by atoms with Crippen LogP contribution >= 0.6 is 12.2 Å². The molecule has 1 aromatic rings. The van der Waals surface area contributed by atoms with Gasteiger partial charge in [-0.2, -0.15) is 0 Å². The van der Waals surface area contributed by atoms with Gasteiger partial charge in [0.05, 0.1) is 0 Å². The molecule has 0 amide bonds. The zero-order valence-corrected chi connectivity index (χ0v) is 8.73. The Balaban J connectivity index is 2.84. The molecule has 0 heterocycles. The van der Waals surface area contributed by atoms with Crippen LogP contribution in [0.25, 0.3) is 0 Å². The quantitative estimate of drug-likeness (QED) is 0.744. The number of rotatable bonds is 4. The van der Waals surface area contributed by atoms with Crippen molar-refractivity contribution in [1.82, 2.24) is 0 Å². The van der Waals surface area contributed by atoms with Gasteiger partial charge in [-0.3, -0.25) is 0 Å². The van der Waals surface area contributed by atoms with Gasteiger partial charge in [-0.1, -0.05) is 49.8 Å². The summed E-state index contributed by atoms with van der Waals surface area (Å²) in [4.78, 5) is 0.506. The molecule has 13 heavy (non-hydrogen) atoms. The second-order valence-corrected chi connectivity index (χ2v) is 3.56. The third kappa shape index (κ3) is 2.81. The van der Waals surface area contributed by atoms with E-state index in [1.165, 1.54) is 18.4 Å². The van der Waals surface area contributed by atoms with Gasteiger partial charge in [0, 0.05) is 5.56 Å². The second kappa shape index (κ2) is 4.97. The van der Waals surface area contributed by atoms with E-state index in [1.807, 2.05) is 18.2 Å². The maximum absolute atomic E-state index is 5.62. The monoisotopic (exact) mass is 193 g/mol. The van der Waals surface area contributed by atoms with Gasteiger partial charge in [-0.25, -0.2) is 0 Å². The first-order valence-corrected chi connectivity index (χ1v) is 5.04. The molecular weight excluding hydrogens is 178 g/mol. The van der Waals surface area contributed by atoms with Crippen molar-refractivity contribution in [2.45, 2.75) is 26.2 Å². The van der Waals surface area contributed by atoms with Crippen molar-refractivity contribution in [2.24, 2.45) is 5.73 Å². The molecule has 0 radical (unpaired) electrons. The highest BCUT2D eigenvalue weighted by Gasteiger charge is 2.02. The van der Waals surface area contributed by atoms with Crippen molar-refractivity contribution < 1.29 is 0 Å². The summed E-state index contributed by atoms with van der Waals surface area (Å²) in [5.41, 5.74) is 7.93. The number of nitrogens with two attached hydrogens (primary N) is 1. The fourth-order valence-corrected chi connectivity index (χ4v) is 1.55. The van der Waals surface area contributed by atoms with E-state index in [-0.39, 0.29) is 0 Å². The zero-order chi connectivity index (χ0) is 9.68. The molecule has 0 aromatic heterocycles. The molecule has 0 aliphatic rings. The van der Waals surface area contributed by atoms with Crippen molar-refractivity contribution in [1.29, 1.82) is 0 Å². The van der Waals surface area contributed by atoms with Crippen molar-refractivity contribution in [2.75, 3.05) is 0 Å². The number of aryl methyl sites for hydroxylation is 1. The highest BCUT2D eigenvalue weighted by Crippen LogP contribution is 2.11. The van der Waals surface area contributed by atoms with Crippen LogP contribution in [0, 0.1) is 0 Å². The van der Waals surface area contributed by atoms with E-state index in [0.29, 0.717) is 4.99 Å². The number of benzene rings is 1. The summed E-state index contributed by atoms with van der Waals surface area (Å²) in [6.07, 6.45) is 3.47. The van der Waals surface area contributed by atoms with E-state index < -0.39 is 0 Å². The first-order chi connectivity index (χ1) is 6.25. The minimum Gasteiger partial charge on any atom is -0.389 e. The van der Waals surface area contributed by atoms with E-state index >= 15 is 0 Å². The fourth-order valence-electron chi connectivity index (χ4n) is 1.35. The Hall–Kier alpha value is -0.890. The van der Waals surface area contributed by atoms with Gasteiger partial charge >= 0.3 is 0 Å². The Morgan fingerprint density at radius 3 is 2.69 bits per heavy atom. The molecule has 0 aliphatic carbocycles. The first-order valence-electron chi connectivity index (χ1n) is 4.63. The fraction of sp³-hybridized carbons (Fsp3) is 0.364. The van der Waals surface area contributed by atoms with Crippen LogP contribution in [0.4, 0.5) is 0 Å². The average molecular weight is 193 g/mol. The summed E-state index contributed by atoms with van der Waals surface area (Å²) in [5, 5.41) is 0. The number of unbranched alkanes of at least 4 members (excludes halogenated alkanes) is 1. The van der Waals surface area contributed by atoms with Crippen molar-refractivity contribution >= 4 is 17.2 Å². The van der Waals surface area contributed by atoms with Gasteiger partial charge in [0.1, 0.15) is 4.99 Å². The van der Waals surface area contributed by atoms with E-state index in [0.717, 1.165) is 12.0 Å². The summed E-state index contributed by atoms with van der Waals surface area (Å²) in [5.74, 6) is 0. The molecule has 1 aromatic carbocycles. The molecule has 0 fully saturated rings. The van der Waals surface area contributed by atoms with E-state index in [2.05, 4.69) is 13.0 Å². The van der Waals surface area contributed by atoms with Gasteiger partial charge in [0.25, 0.3) is 0 Å². The Bertz CT molecular complexity index is 294. The molecular formula is C11H15NS. The second-order valence-electron chi connectivity index (χ2n) is 3.12. The first kappa shape index (κ1) is 10.2. The number of hydrogen-bond donors (Lipinski definition) is 1. The molecule has 0 saturated carbocycles. The highest BCUT2D eigenvalue weighted by atomic mass is 32.1. The molecule has 0 spiro atoms. The maximum Gasteiger partial charge on any atom is 0.104 e. The van der Waals surface area contributed by atoms with Crippen LogP contribution < -0.4 is 5.73 Å². The summed E-state index contributed by atoms with van der Waals surface area (Å²) in [6, 6.07) is 8.11. The third-order valence-corrected chi connectivity index (χ3v) is 2.30. The Morgan fingerprint density at radius 2 is 2.08 bits per heavy atom. The lowest BCUT2D eigenvalue weighted by Gasteiger charge is -2.06. The van der Waals surface area contributed by atoms with E-state index in [4.69, 9.17) is 18.0 Å². The number of thiocarbonyl (C=S) groups is 1. The predicted molar refractivity (Wildman–Crippen MR) is 60.9 cm³/mol. The van der Waals surface area contributed by atoms with Crippen LogP contribution in [-0.4, -0.2) is 4.99 Å². The van der Waals surface area contributed by atoms with Crippen LogP contribution in [0.3, 0.4) is 0 Å². The van der Waals surface area contributed by atoms with Gasteiger partial charge < -0.3 is 5.73 Å². The Morgan fingerprint density at radius 1 is 1.38 bits per heavy atom. The normalized spacial score (nSPS) is 9.92. The molecule has 0 bridgehead atoms. The topological polar surface area (TPSA) is 26.0 Å². The van der Waals surface area contributed by atoms with Crippen molar-refractivity contribution in [3.63, 3.8) is 0 Å². The lowest BCUT2D eigenvalue weighted by atomic mass is 10.0. The zero-order valence-electron chi connectivity index (χ0n) is 7.92. The molecule has 0 aliphatic heterocycles. The summed E-state index contributed by atoms with van der Waals surface area (Å²) < 4.78 is 0. The van der Waals surface area contributed by atoms with E-state index in [1.54, 1.807) is 0 Å². The minimum atomic E-state index is 0.506. The number of hydrogen-bond acceptors (Lipinski definition) is 1. The predicted octanol–water partition coefficient (Wildman–Crippen LogP) is 2.66. The van der Waals surface area contributed by atoms with Crippen LogP contribution in [0.1, 0.15) is 30.9 Å². The Labute approximate surface area is 85.0 Å². The molecule has 2 N–H and O–H groups in total. The van der Waals surface area contributed by atoms with E-state index in [9.17, 15) is 0 Å². The van der Waals surface area contributed by atoms with Gasteiger partial charge in [0.2, 0.25) is 0 Å². The molecule has 0 atom stereocenters. The SMILES string of the molecule is CCCCc1ccccc1C(N)=S. The molecule has 1 rings (SSSR count). The molecule has 0 saturated heterocycles. The minimum absolute atomic E-state index is 0.506. The van der Waals surface area contributed by atoms with Crippen molar-refractivity contribution in [3.8, 4) is 0 Å². The Kier molecular flexibility index (Phi) is 3.90. The van der Waals surface area contributed by atoms with Crippen LogP contribution in [-0.2, 0) is 6.42 Å².